The Hall–Kier alpha value is -2.57. The SMILES string of the molecule is COc1cccc(CC(=O)N2CCCC2CN2Cc3ccccc3OCC2CN(C)C)c1. The van der Waals surface area contributed by atoms with Crippen molar-refractivity contribution in [2.75, 3.05) is 47.4 Å². The van der Waals surface area contributed by atoms with Crippen molar-refractivity contribution in [1.29, 1.82) is 0 Å². The van der Waals surface area contributed by atoms with Gasteiger partial charge in [-0.25, -0.2) is 0 Å². The lowest BCUT2D eigenvalue weighted by Crippen LogP contribution is -2.50. The minimum absolute atomic E-state index is 0.205. The predicted molar refractivity (Wildman–Crippen MR) is 126 cm³/mol. The number of carbonyl (C=O) groups excluding carboxylic acids is 1. The van der Waals surface area contributed by atoms with Gasteiger partial charge >= 0.3 is 0 Å². The maximum absolute atomic E-state index is 13.2. The standard InChI is InChI=1S/C26H35N3O3/c1-27(2)17-23-19-32-25-12-5-4-9-21(25)16-28(23)18-22-10-7-13-29(22)26(30)15-20-8-6-11-24(14-20)31-3/h4-6,8-9,11-12,14,22-23H,7,10,13,15-19H2,1-3H3. The Balaban J connectivity index is 1.47. The molecule has 0 aliphatic carbocycles. The normalized spacial score (nSPS) is 21.2. The number of ether oxygens (including phenoxy) is 2. The molecule has 0 saturated carbocycles. The van der Waals surface area contributed by atoms with Gasteiger partial charge in [0.25, 0.3) is 0 Å². The first-order chi connectivity index (χ1) is 15.5. The van der Waals surface area contributed by atoms with Crippen LogP contribution in [-0.4, -0.2) is 80.1 Å². The second kappa shape index (κ2) is 10.4. The van der Waals surface area contributed by atoms with E-state index in [-0.39, 0.29) is 18.0 Å². The van der Waals surface area contributed by atoms with Crippen molar-refractivity contribution in [3.8, 4) is 11.5 Å². The summed E-state index contributed by atoms with van der Waals surface area (Å²) in [6.07, 6.45) is 2.53. The third kappa shape index (κ3) is 5.43. The Morgan fingerprint density at radius 3 is 2.81 bits per heavy atom. The highest BCUT2D eigenvalue weighted by atomic mass is 16.5. The van der Waals surface area contributed by atoms with Crippen LogP contribution in [0.4, 0.5) is 0 Å². The number of nitrogens with zero attached hydrogens (tertiary/aromatic N) is 3. The molecule has 0 bridgehead atoms. The number of likely N-dealkylation sites (tertiary alicyclic amines) is 1. The van der Waals surface area contributed by atoms with E-state index in [9.17, 15) is 4.79 Å². The fourth-order valence-electron chi connectivity index (χ4n) is 4.90. The molecular formula is C26H35N3O3. The van der Waals surface area contributed by atoms with Crippen molar-refractivity contribution in [2.45, 2.75) is 37.9 Å². The zero-order valence-corrected chi connectivity index (χ0v) is 19.5. The molecule has 2 aliphatic heterocycles. The van der Waals surface area contributed by atoms with E-state index in [4.69, 9.17) is 9.47 Å². The summed E-state index contributed by atoms with van der Waals surface area (Å²) in [4.78, 5) is 20.1. The van der Waals surface area contributed by atoms with Crippen LogP contribution in [0.25, 0.3) is 0 Å². The van der Waals surface area contributed by atoms with E-state index < -0.39 is 0 Å². The van der Waals surface area contributed by atoms with Crippen LogP contribution in [0, 0.1) is 0 Å². The topological polar surface area (TPSA) is 45.3 Å². The molecule has 6 heteroatoms. The van der Waals surface area contributed by atoms with Gasteiger partial charge in [-0.1, -0.05) is 30.3 Å². The van der Waals surface area contributed by atoms with Gasteiger partial charge in [0.05, 0.1) is 19.6 Å². The Morgan fingerprint density at radius 1 is 1.16 bits per heavy atom. The van der Waals surface area contributed by atoms with Crippen molar-refractivity contribution in [3.63, 3.8) is 0 Å². The first-order valence-corrected chi connectivity index (χ1v) is 11.6. The molecule has 0 N–H and O–H groups in total. The molecule has 2 atom stereocenters. The van der Waals surface area contributed by atoms with Crippen LogP contribution < -0.4 is 9.47 Å². The van der Waals surface area contributed by atoms with Crippen molar-refractivity contribution < 1.29 is 14.3 Å². The van der Waals surface area contributed by atoms with Crippen LogP contribution in [0.15, 0.2) is 48.5 Å². The molecule has 2 aliphatic rings. The number of hydrogen-bond acceptors (Lipinski definition) is 5. The lowest BCUT2D eigenvalue weighted by Gasteiger charge is -2.35. The summed E-state index contributed by atoms with van der Waals surface area (Å²) >= 11 is 0. The number of amides is 1. The van der Waals surface area contributed by atoms with E-state index in [1.54, 1.807) is 7.11 Å². The van der Waals surface area contributed by atoms with Crippen molar-refractivity contribution in [2.24, 2.45) is 0 Å². The summed E-state index contributed by atoms with van der Waals surface area (Å²) in [5.41, 5.74) is 2.23. The van der Waals surface area contributed by atoms with E-state index >= 15 is 0 Å². The molecule has 1 saturated heterocycles. The van der Waals surface area contributed by atoms with E-state index in [1.165, 1.54) is 5.56 Å². The van der Waals surface area contributed by atoms with Gasteiger partial charge in [0, 0.05) is 37.8 Å². The molecule has 0 aromatic heterocycles. The summed E-state index contributed by atoms with van der Waals surface area (Å²) < 4.78 is 11.5. The minimum atomic E-state index is 0.205. The molecule has 1 amide bonds. The first-order valence-electron chi connectivity index (χ1n) is 11.6. The van der Waals surface area contributed by atoms with Crippen LogP contribution in [0.5, 0.6) is 11.5 Å². The zero-order chi connectivity index (χ0) is 22.5. The number of para-hydroxylation sites is 1. The van der Waals surface area contributed by atoms with Crippen LogP contribution in [0.1, 0.15) is 24.0 Å². The third-order valence-electron chi connectivity index (χ3n) is 6.50. The molecule has 2 aromatic rings. The van der Waals surface area contributed by atoms with Gasteiger partial charge < -0.3 is 19.3 Å². The Bertz CT molecular complexity index is 917. The lowest BCUT2D eigenvalue weighted by molar-refractivity contribution is -0.131. The molecule has 0 radical (unpaired) electrons. The summed E-state index contributed by atoms with van der Waals surface area (Å²) in [6.45, 7) is 4.16. The number of methoxy groups -OCH3 is 1. The monoisotopic (exact) mass is 437 g/mol. The molecular weight excluding hydrogens is 402 g/mol. The smallest absolute Gasteiger partial charge is 0.227 e. The highest BCUT2D eigenvalue weighted by Crippen LogP contribution is 2.28. The van der Waals surface area contributed by atoms with E-state index in [0.29, 0.717) is 13.0 Å². The summed E-state index contributed by atoms with van der Waals surface area (Å²) in [5, 5.41) is 0. The summed E-state index contributed by atoms with van der Waals surface area (Å²) in [7, 11) is 5.87. The van der Waals surface area contributed by atoms with Crippen LogP contribution in [0.3, 0.4) is 0 Å². The maximum atomic E-state index is 13.2. The first kappa shape index (κ1) is 22.6. The molecule has 1 fully saturated rings. The Labute approximate surface area is 191 Å². The van der Waals surface area contributed by atoms with Gasteiger partial charge in [-0.05, 0) is 50.7 Å². The molecule has 172 valence electrons. The minimum Gasteiger partial charge on any atom is -0.497 e. The highest BCUT2D eigenvalue weighted by Gasteiger charge is 2.33. The molecule has 2 unspecified atom stereocenters. The number of likely N-dealkylation sites (N-methyl/N-ethyl adjacent to an activating group) is 1. The number of hydrogen-bond donors (Lipinski definition) is 0. The van der Waals surface area contributed by atoms with Crippen molar-refractivity contribution in [1.82, 2.24) is 14.7 Å². The number of benzene rings is 2. The average Bonchev–Trinajstić information content (AvgIpc) is 3.18. The third-order valence-corrected chi connectivity index (χ3v) is 6.50. The van der Waals surface area contributed by atoms with Gasteiger partial charge in [-0.15, -0.1) is 0 Å². The van der Waals surface area contributed by atoms with Gasteiger partial charge in [0.15, 0.2) is 0 Å². The maximum Gasteiger partial charge on any atom is 0.227 e. The number of rotatable bonds is 7. The summed E-state index contributed by atoms with van der Waals surface area (Å²) in [5.74, 6) is 1.98. The zero-order valence-electron chi connectivity index (χ0n) is 19.5. The highest BCUT2D eigenvalue weighted by molar-refractivity contribution is 5.79. The Kier molecular flexibility index (Phi) is 7.33. The lowest BCUT2D eigenvalue weighted by atomic mass is 10.1. The molecule has 2 aromatic carbocycles. The largest absolute Gasteiger partial charge is 0.497 e. The number of fused-ring (bicyclic) bond motifs is 1. The predicted octanol–water partition coefficient (Wildman–Crippen LogP) is 3.05. The van der Waals surface area contributed by atoms with E-state index in [0.717, 1.165) is 56.1 Å². The molecule has 6 nitrogen and oxygen atoms in total. The van der Waals surface area contributed by atoms with Gasteiger partial charge in [0.2, 0.25) is 5.91 Å². The average molecular weight is 438 g/mol. The van der Waals surface area contributed by atoms with E-state index in [1.807, 2.05) is 30.3 Å². The van der Waals surface area contributed by atoms with Crippen LogP contribution >= 0.6 is 0 Å². The van der Waals surface area contributed by atoms with E-state index in [2.05, 4.69) is 47.0 Å². The molecule has 4 rings (SSSR count). The van der Waals surface area contributed by atoms with Gasteiger partial charge in [-0.2, -0.15) is 0 Å². The van der Waals surface area contributed by atoms with Crippen molar-refractivity contribution >= 4 is 5.91 Å². The van der Waals surface area contributed by atoms with Crippen LogP contribution in [-0.2, 0) is 17.8 Å². The summed E-state index contributed by atoms with van der Waals surface area (Å²) in [6, 6.07) is 16.7. The molecule has 32 heavy (non-hydrogen) atoms. The fraction of sp³-hybridized carbons (Fsp3) is 0.500. The second-order valence-electron chi connectivity index (χ2n) is 9.18. The molecule has 0 spiro atoms. The van der Waals surface area contributed by atoms with Gasteiger partial charge in [0.1, 0.15) is 18.1 Å². The fourth-order valence-corrected chi connectivity index (χ4v) is 4.90. The van der Waals surface area contributed by atoms with Crippen LogP contribution in [0.2, 0.25) is 0 Å². The second-order valence-corrected chi connectivity index (χ2v) is 9.18. The van der Waals surface area contributed by atoms with Crippen molar-refractivity contribution in [3.05, 3.63) is 59.7 Å². The number of carbonyl (C=O) groups is 1. The quantitative estimate of drug-likeness (QED) is 0.666. The Morgan fingerprint density at radius 2 is 2.00 bits per heavy atom. The van der Waals surface area contributed by atoms with Gasteiger partial charge in [-0.3, -0.25) is 9.69 Å². The molecule has 2 heterocycles.